The minimum Gasteiger partial charge on any atom is -0.465 e. The highest BCUT2D eigenvalue weighted by molar-refractivity contribution is 7.97. The fraction of sp³-hybridized carbons (Fsp3) is 0.308. The Hall–Kier alpha value is -2.47. The molecule has 2 saturated heterocycles. The molecule has 0 N–H and O–H groups in total. The predicted octanol–water partition coefficient (Wildman–Crippen LogP) is 5.81. The van der Waals surface area contributed by atoms with Crippen LogP contribution in [0, 0.1) is 0 Å². The summed E-state index contributed by atoms with van der Waals surface area (Å²) < 4.78 is 23.1. The standard InChI is InChI=1S/C26H27O4S/c1-2-6-22(7-3-1)31(23-14-10-20(11-15-23)29-25-8-4-18-27-25)24-16-12-21(13-17-24)30-26-9-5-19-28-26/h1-3,6-7,10-17,25-26H,4-5,8-9,18-19H2/q+1. The van der Waals surface area contributed by atoms with Gasteiger partial charge in [0.1, 0.15) is 11.5 Å². The van der Waals surface area contributed by atoms with Gasteiger partial charge in [0.25, 0.3) is 0 Å². The first-order valence-electron chi connectivity index (χ1n) is 10.9. The summed E-state index contributed by atoms with van der Waals surface area (Å²) in [7, 11) is -0.213. The first-order valence-corrected chi connectivity index (χ1v) is 12.1. The molecule has 4 nitrogen and oxygen atoms in total. The summed E-state index contributed by atoms with van der Waals surface area (Å²) in [6.07, 6.45) is 3.80. The molecule has 2 atom stereocenters. The molecule has 160 valence electrons. The SMILES string of the molecule is c1ccc([S+](c2ccc(OC3CCCO3)cc2)c2ccc(OC3CCCO3)cc2)cc1. The third kappa shape index (κ3) is 5.06. The minimum absolute atomic E-state index is 0.116. The number of rotatable bonds is 7. The number of benzene rings is 3. The Bertz CT molecular complexity index is 885. The highest BCUT2D eigenvalue weighted by Gasteiger charge is 2.29. The summed E-state index contributed by atoms with van der Waals surface area (Å²) in [4.78, 5) is 3.78. The molecular formula is C26H27O4S+. The van der Waals surface area contributed by atoms with E-state index in [4.69, 9.17) is 18.9 Å². The molecule has 3 aromatic rings. The predicted molar refractivity (Wildman–Crippen MR) is 121 cm³/mol. The van der Waals surface area contributed by atoms with Crippen molar-refractivity contribution in [1.82, 2.24) is 0 Å². The third-order valence-electron chi connectivity index (χ3n) is 5.41. The lowest BCUT2D eigenvalue weighted by atomic mass is 10.3. The van der Waals surface area contributed by atoms with Crippen molar-refractivity contribution in [3.63, 3.8) is 0 Å². The fourth-order valence-corrected chi connectivity index (χ4v) is 5.92. The molecule has 3 aromatic carbocycles. The van der Waals surface area contributed by atoms with Crippen molar-refractivity contribution >= 4 is 10.9 Å². The van der Waals surface area contributed by atoms with Crippen LogP contribution in [-0.2, 0) is 20.4 Å². The Kier molecular flexibility index (Phi) is 6.44. The first kappa shape index (κ1) is 20.4. The van der Waals surface area contributed by atoms with E-state index in [-0.39, 0.29) is 23.5 Å². The molecule has 0 aromatic heterocycles. The normalized spacial score (nSPS) is 21.7. The first-order chi connectivity index (χ1) is 15.3. The molecule has 5 rings (SSSR count). The lowest BCUT2D eigenvalue weighted by molar-refractivity contribution is -0.0393. The third-order valence-corrected chi connectivity index (χ3v) is 7.64. The van der Waals surface area contributed by atoms with Crippen LogP contribution >= 0.6 is 0 Å². The molecule has 2 heterocycles. The van der Waals surface area contributed by atoms with Crippen LogP contribution in [0.5, 0.6) is 11.5 Å². The van der Waals surface area contributed by atoms with E-state index in [9.17, 15) is 0 Å². The van der Waals surface area contributed by atoms with Gasteiger partial charge in [0.2, 0.25) is 0 Å². The zero-order chi connectivity index (χ0) is 20.9. The molecule has 5 heteroatoms. The second kappa shape index (κ2) is 9.77. The van der Waals surface area contributed by atoms with Crippen LogP contribution in [0.3, 0.4) is 0 Å². The molecule has 2 fully saturated rings. The Morgan fingerprint density at radius 3 is 1.45 bits per heavy atom. The van der Waals surface area contributed by atoms with Crippen LogP contribution in [0.2, 0.25) is 0 Å². The molecule has 0 radical (unpaired) electrons. The highest BCUT2D eigenvalue weighted by atomic mass is 32.2. The smallest absolute Gasteiger partial charge is 0.199 e. The average molecular weight is 436 g/mol. The van der Waals surface area contributed by atoms with E-state index >= 15 is 0 Å². The van der Waals surface area contributed by atoms with Crippen LogP contribution in [0.25, 0.3) is 0 Å². The number of hydrogen-bond donors (Lipinski definition) is 0. The number of ether oxygens (including phenoxy) is 4. The van der Waals surface area contributed by atoms with Gasteiger partial charge in [-0.2, -0.15) is 0 Å². The Morgan fingerprint density at radius 1 is 0.581 bits per heavy atom. The van der Waals surface area contributed by atoms with Gasteiger partial charge in [-0.25, -0.2) is 0 Å². The van der Waals surface area contributed by atoms with Crippen molar-refractivity contribution in [3.8, 4) is 11.5 Å². The molecule has 0 bridgehead atoms. The van der Waals surface area contributed by atoms with E-state index in [2.05, 4.69) is 78.9 Å². The second-order valence-corrected chi connectivity index (χ2v) is 9.71. The summed E-state index contributed by atoms with van der Waals surface area (Å²) in [6, 6.07) is 27.5. The van der Waals surface area contributed by atoms with E-state index in [0.29, 0.717) is 0 Å². The second-order valence-electron chi connectivity index (χ2n) is 7.68. The maximum Gasteiger partial charge on any atom is 0.199 e. The maximum absolute atomic E-state index is 5.95. The van der Waals surface area contributed by atoms with Gasteiger partial charge in [0.15, 0.2) is 27.3 Å². The molecule has 0 spiro atoms. The molecule has 2 aliphatic rings. The van der Waals surface area contributed by atoms with Crippen LogP contribution < -0.4 is 9.47 Å². The molecule has 0 saturated carbocycles. The van der Waals surface area contributed by atoms with Gasteiger partial charge < -0.3 is 18.9 Å². The maximum atomic E-state index is 5.95. The topological polar surface area (TPSA) is 36.9 Å². The van der Waals surface area contributed by atoms with E-state index < -0.39 is 0 Å². The fourth-order valence-electron chi connectivity index (χ4n) is 3.86. The van der Waals surface area contributed by atoms with E-state index in [0.717, 1.165) is 50.4 Å². The van der Waals surface area contributed by atoms with Gasteiger partial charge in [-0.15, -0.1) is 0 Å². The molecule has 2 aliphatic heterocycles. The van der Waals surface area contributed by atoms with Gasteiger partial charge in [0.05, 0.1) is 24.1 Å². The van der Waals surface area contributed by atoms with Crippen molar-refractivity contribution in [2.45, 2.75) is 52.9 Å². The van der Waals surface area contributed by atoms with Crippen molar-refractivity contribution in [2.24, 2.45) is 0 Å². The number of hydrogen-bond acceptors (Lipinski definition) is 4. The van der Waals surface area contributed by atoms with E-state index in [1.165, 1.54) is 14.7 Å². The quantitative estimate of drug-likeness (QED) is 0.439. The van der Waals surface area contributed by atoms with Gasteiger partial charge in [-0.05, 0) is 73.5 Å². The Balaban J connectivity index is 1.38. The van der Waals surface area contributed by atoms with Crippen LogP contribution in [-0.4, -0.2) is 25.8 Å². The average Bonchev–Trinajstić information content (AvgIpc) is 3.52. The largest absolute Gasteiger partial charge is 0.465 e. The highest BCUT2D eigenvalue weighted by Crippen LogP contribution is 2.33. The Labute approximate surface area is 186 Å². The van der Waals surface area contributed by atoms with Crippen LogP contribution in [0.1, 0.15) is 25.7 Å². The monoisotopic (exact) mass is 435 g/mol. The van der Waals surface area contributed by atoms with E-state index in [1.54, 1.807) is 0 Å². The molecule has 0 amide bonds. The van der Waals surface area contributed by atoms with Crippen LogP contribution in [0.4, 0.5) is 0 Å². The van der Waals surface area contributed by atoms with Crippen LogP contribution in [0.15, 0.2) is 93.5 Å². The van der Waals surface area contributed by atoms with E-state index in [1.807, 2.05) is 0 Å². The summed E-state index contributed by atoms with van der Waals surface area (Å²) in [5.41, 5.74) is 0. The van der Waals surface area contributed by atoms with Crippen molar-refractivity contribution in [1.29, 1.82) is 0 Å². The molecule has 31 heavy (non-hydrogen) atoms. The van der Waals surface area contributed by atoms with Gasteiger partial charge in [-0.1, -0.05) is 18.2 Å². The summed E-state index contributed by atoms with van der Waals surface area (Å²) >= 11 is 0. The lowest BCUT2D eigenvalue weighted by Gasteiger charge is -2.14. The van der Waals surface area contributed by atoms with Crippen molar-refractivity contribution < 1.29 is 18.9 Å². The molecule has 2 unspecified atom stereocenters. The summed E-state index contributed by atoms with van der Waals surface area (Å²) in [5, 5.41) is 0. The van der Waals surface area contributed by atoms with Crippen molar-refractivity contribution in [2.75, 3.05) is 13.2 Å². The summed E-state index contributed by atoms with van der Waals surface area (Å²) in [6.45, 7) is 1.57. The summed E-state index contributed by atoms with van der Waals surface area (Å²) in [5.74, 6) is 1.71. The Morgan fingerprint density at radius 2 is 1.03 bits per heavy atom. The lowest BCUT2D eigenvalue weighted by Crippen LogP contribution is -2.14. The zero-order valence-electron chi connectivity index (χ0n) is 17.4. The van der Waals surface area contributed by atoms with Crippen molar-refractivity contribution in [3.05, 3.63) is 78.9 Å². The zero-order valence-corrected chi connectivity index (χ0v) is 18.3. The minimum atomic E-state index is -0.213. The molecular weight excluding hydrogens is 408 g/mol. The van der Waals surface area contributed by atoms with Gasteiger partial charge in [-0.3, -0.25) is 0 Å². The molecule has 0 aliphatic carbocycles. The van der Waals surface area contributed by atoms with Gasteiger partial charge in [0, 0.05) is 12.8 Å². The van der Waals surface area contributed by atoms with Gasteiger partial charge >= 0.3 is 0 Å².